The minimum atomic E-state index is -3.86. The Balaban J connectivity index is 1.49. The van der Waals surface area contributed by atoms with Crippen LogP contribution < -0.4 is 9.57 Å². The standard InChI is InChI=1S/C29H22N2O4S/c1-20-13-16-23(17-14-20)36(33,34)31-30-19-27-25-11-5-3-8-22(25)15-18-28(27)35-29(32)26-12-6-9-21-7-2-4-10-24(21)26/h2-19,31H,1H3. The van der Waals surface area contributed by atoms with Crippen LogP contribution in [0.2, 0.25) is 0 Å². The summed E-state index contributed by atoms with van der Waals surface area (Å²) in [6.45, 7) is 1.88. The van der Waals surface area contributed by atoms with Gasteiger partial charge in [-0.3, -0.25) is 0 Å². The normalized spacial score (nSPS) is 11.7. The van der Waals surface area contributed by atoms with Crippen LogP contribution in [0.15, 0.2) is 113 Å². The minimum absolute atomic E-state index is 0.103. The molecule has 5 aromatic rings. The number of nitrogens with zero attached hydrogens (tertiary/aromatic N) is 1. The van der Waals surface area contributed by atoms with E-state index in [0.717, 1.165) is 27.1 Å². The molecule has 0 unspecified atom stereocenters. The van der Waals surface area contributed by atoms with Crippen molar-refractivity contribution in [2.24, 2.45) is 5.10 Å². The van der Waals surface area contributed by atoms with E-state index in [1.54, 1.807) is 24.3 Å². The van der Waals surface area contributed by atoms with Gasteiger partial charge in [-0.1, -0.05) is 84.4 Å². The van der Waals surface area contributed by atoms with Crippen molar-refractivity contribution in [1.82, 2.24) is 4.83 Å². The molecule has 6 nitrogen and oxygen atoms in total. The molecular weight excluding hydrogens is 472 g/mol. The number of hydrogen-bond donors (Lipinski definition) is 1. The minimum Gasteiger partial charge on any atom is -0.422 e. The fourth-order valence-electron chi connectivity index (χ4n) is 3.99. The van der Waals surface area contributed by atoms with E-state index >= 15 is 0 Å². The molecule has 0 fully saturated rings. The Morgan fingerprint density at radius 1 is 0.778 bits per heavy atom. The lowest BCUT2D eigenvalue weighted by Crippen LogP contribution is -2.18. The number of hydrogen-bond acceptors (Lipinski definition) is 5. The van der Waals surface area contributed by atoms with Crippen LogP contribution in [-0.2, 0) is 10.0 Å². The highest BCUT2D eigenvalue weighted by atomic mass is 32.2. The molecule has 0 saturated carbocycles. The Morgan fingerprint density at radius 2 is 1.42 bits per heavy atom. The maximum atomic E-state index is 13.2. The molecule has 0 saturated heterocycles. The van der Waals surface area contributed by atoms with Crippen LogP contribution in [0.5, 0.6) is 5.75 Å². The van der Waals surface area contributed by atoms with Crippen LogP contribution in [0.4, 0.5) is 0 Å². The summed E-state index contributed by atoms with van der Waals surface area (Å²) in [6, 6.07) is 30.5. The Hall–Kier alpha value is -4.49. The molecule has 178 valence electrons. The first-order valence-corrected chi connectivity index (χ1v) is 12.7. The molecule has 7 heteroatoms. The molecule has 0 aliphatic carbocycles. The zero-order chi connectivity index (χ0) is 25.1. The molecule has 0 heterocycles. The summed E-state index contributed by atoms with van der Waals surface area (Å²) in [5.74, 6) is -0.248. The van der Waals surface area contributed by atoms with Gasteiger partial charge < -0.3 is 4.74 Å². The predicted octanol–water partition coefficient (Wildman–Crippen LogP) is 5.83. The quantitative estimate of drug-likeness (QED) is 0.139. The number of ether oxygens (including phenoxy) is 1. The largest absolute Gasteiger partial charge is 0.422 e. The monoisotopic (exact) mass is 494 g/mol. The molecule has 0 radical (unpaired) electrons. The molecule has 5 aromatic carbocycles. The van der Waals surface area contributed by atoms with Gasteiger partial charge in [0.2, 0.25) is 0 Å². The molecule has 0 bridgehead atoms. The summed E-state index contributed by atoms with van der Waals surface area (Å²) in [5.41, 5.74) is 1.86. The second kappa shape index (κ2) is 9.64. The lowest BCUT2D eigenvalue weighted by atomic mass is 10.0. The average Bonchev–Trinajstić information content (AvgIpc) is 2.89. The lowest BCUT2D eigenvalue weighted by molar-refractivity contribution is 0.0737. The van der Waals surface area contributed by atoms with Gasteiger partial charge in [-0.15, -0.1) is 0 Å². The highest BCUT2D eigenvalue weighted by Gasteiger charge is 2.16. The van der Waals surface area contributed by atoms with Crippen LogP contribution in [0, 0.1) is 6.92 Å². The Kier molecular flexibility index (Phi) is 6.23. The van der Waals surface area contributed by atoms with Gasteiger partial charge >= 0.3 is 5.97 Å². The van der Waals surface area contributed by atoms with E-state index in [9.17, 15) is 13.2 Å². The zero-order valence-electron chi connectivity index (χ0n) is 19.4. The van der Waals surface area contributed by atoms with Gasteiger partial charge in [0.05, 0.1) is 16.7 Å². The summed E-state index contributed by atoms with van der Waals surface area (Å²) >= 11 is 0. The first-order valence-electron chi connectivity index (χ1n) is 11.3. The van der Waals surface area contributed by atoms with Crippen LogP contribution in [0.1, 0.15) is 21.5 Å². The Morgan fingerprint density at radius 3 is 2.17 bits per heavy atom. The van der Waals surface area contributed by atoms with Gasteiger partial charge in [0, 0.05) is 5.56 Å². The molecule has 0 aliphatic heterocycles. The maximum absolute atomic E-state index is 13.2. The van der Waals surface area contributed by atoms with E-state index in [1.165, 1.54) is 18.3 Å². The van der Waals surface area contributed by atoms with E-state index in [2.05, 4.69) is 9.93 Å². The first-order chi connectivity index (χ1) is 17.4. The fourth-order valence-corrected chi connectivity index (χ4v) is 4.78. The van der Waals surface area contributed by atoms with Crippen molar-refractivity contribution in [2.75, 3.05) is 0 Å². The molecular formula is C29H22N2O4S. The average molecular weight is 495 g/mol. The smallest absolute Gasteiger partial charge is 0.344 e. The van der Waals surface area contributed by atoms with E-state index < -0.39 is 16.0 Å². The van der Waals surface area contributed by atoms with Gasteiger partial charge in [0.1, 0.15) is 5.75 Å². The van der Waals surface area contributed by atoms with Crippen LogP contribution in [0.3, 0.4) is 0 Å². The number of benzene rings is 5. The van der Waals surface area contributed by atoms with E-state index in [4.69, 9.17) is 4.74 Å². The van der Waals surface area contributed by atoms with Crippen molar-refractivity contribution in [3.8, 4) is 5.75 Å². The van der Waals surface area contributed by atoms with E-state index in [1.807, 2.05) is 73.7 Å². The first kappa shape index (κ1) is 23.3. The molecule has 0 amide bonds. The van der Waals surface area contributed by atoms with E-state index in [-0.39, 0.29) is 10.6 Å². The number of carbonyl (C=O) groups is 1. The summed E-state index contributed by atoms with van der Waals surface area (Å²) in [5, 5.41) is 7.37. The lowest BCUT2D eigenvalue weighted by Gasteiger charge is -2.12. The third kappa shape index (κ3) is 4.69. The second-order valence-corrected chi connectivity index (χ2v) is 9.94. The number of sulfonamides is 1. The molecule has 36 heavy (non-hydrogen) atoms. The zero-order valence-corrected chi connectivity index (χ0v) is 20.2. The van der Waals surface area contributed by atoms with Crippen molar-refractivity contribution in [2.45, 2.75) is 11.8 Å². The van der Waals surface area contributed by atoms with Gasteiger partial charge in [-0.25, -0.2) is 9.63 Å². The number of fused-ring (bicyclic) bond motifs is 2. The summed E-state index contributed by atoms with van der Waals surface area (Å²) in [7, 11) is -3.86. The van der Waals surface area contributed by atoms with Crippen LogP contribution in [0.25, 0.3) is 21.5 Å². The highest BCUT2D eigenvalue weighted by molar-refractivity contribution is 7.89. The number of hydrazone groups is 1. The van der Waals surface area contributed by atoms with Crippen molar-refractivity contribution in [1.29, 1.82) is 0 Å². The number of aryl methyl sites for hydroxylation is 1. The summed E-state index contributed by atoms with van der Waals surface area (Å²) < 4.78 is 31.1. The van der Waals surface area contributed by atoms with Crippen LogP contribution >= 0.6 is 0 Å². The van der Waals surface area contributed by atoms with Gasteiger partial charge in [-0.05, 0) is 52.7 Å². The summed E-state index contributed by atoms with van der Waals surface area (Å²) in [6.07, 6.45) is 1.36. The molecule has 0 aliphatic rings. The second-order valence-electron chi connectivity index (χ2n) is 8.28. The predicted molar refractivity (Wildman–Crippen MR) is 142 cm³/mol. The molecule has 0 atom stereocenters. The van der Waals surface area contributed by atoms with Crippen molar-refractivity contribution < 1.29 is 17.9 Å². The van der Waals surface area contributed by atoms with Crippen molar-refractivity contribution in [3.63, 3.8) is 0 Å². The number of rotatable bonds is 6. The number of nitrogens with one attached hydrogen (secondary N) is 1. The van der Waals surface area contributed by atoms with Gasteiger partial charge in [0.25, 0.3) is 10.0 Å². The highest BCUT2D eigenvalue weighted by Crippen LogP contribution is 2.28. The van der Waals surface area contributed by atoms with Crippen LogP contribution in [-0.4, -0.2) is 20.6 Å². The van der Waals surface area contributed by atoms with Crippen molar-refractivity contribution in [3.05, 3.63) is 120 Å². The Bertz CT molecular complexity index is 1720. The topological polar surface area (TPSA) is 84.8 Å². The van der Waals surface area contributed by atoms with Crippen molar-refractivity contribution >= 4 is 43.8 Å². The van der Waals surface area contributed by atoms with Gasteiger partial charge in [0.15, 0.2) is 0 Å². The Labute approximate surface area is 208 Å². The third-order valence-corrected chi connectivity index (χ3v) is 7.08. The summed E-state index contributed by atoms with van der Waals surface area (Å²) in [4.78, 5) is 15.5. The number of carbonyl (C=O) groups excluding carboxylic acids is 1. The fraction of sp³-hybridized carbons (Fsp3) is 0.0345. The molecule has 0 spiro atoms. The number of esters is 1. The SMILES string of the molecule is Cc1ccc(S(=O)(=O)NN=Cc2c(OC(=O)c3cccc4ccccc34)ccc3ccccc23)cc1. The van der Waals surface area contributed by atoms with Gasteiger partial charge in [-0.2, -0.15) is 13.5 Å². The van der Waals surface area contributed by atoms with E-state index in [0.29, 0.717) is 11.1 Å². The maximum Gasteiger partial charge on any atom is 0.344 e. The molecule has 5 rings (SSSR count). The third-order valence-electron chi connectivity index (χ3n) is 5.84. The molecule has 0 aromatic heterocycles. The molecule has 1 N–H and O–H groups in total.